The maximum absolute atomic E-state index is 12.5. The minimum Gasteiger partial charge on any atom is -0.550 e. The number of methoxy groups -OCH3 is 1. The molecule has 1 aliphatic rings. The molecule has 0 spiro atoms. The molecular formula is C24H19N2NaO4S. The number of nitrogens with one attached hydrogen (secondary N) is 1. The van der Waals surface area contributed by atoms with Crippen molar-refractivity contribution in [3.8, 4) is 5.75 Å². The maximum atomic E-state index is 12.5. The Balaban J connectivity index is 0.00000289. The number of nitrogens with zero attached hydrogens (tertiary/aromatic N) is 1. The predicted molar refractivity (Wildman–Crippen MR) is 121 cm³/mol. The van der Waals surface area contributed by atoms with Crippen LogP contribution in [0.1, 0.15) is 17.5 Å². The number of carboxylic acid groups (broad SMARTS) is 1. The molecule has 4 rings (SSSR count). The van der Waals surface area contributed by atoms with Crippen LogP contribution >= 0.6 is 11.8 Å². The zero-order valence-corrected chi connectivity index (χ0v) is 20.6. The zero-order chi connectivity index (χ0) is 21.8. The first-order valence-electron chi connectivity index (χ1n) is 9.67. The topological polar surface area (TPSA) is 90.8 Å². The number of thioether (sulfide) groups is 1. The van der Waals surface area contributed by atoms with Crippen molar-refractivity contribution in [1.29, 1.82) is 0 Å². The van der Waals surface area contributed by atoms with Gasteiger partial charge >= 0.3 is 29.6 Å². The van der Waals surface area contributed by atoms with Crippen molar-refractivity contribution < 1.29 is 49.0 Å². The van der Waals surface area contributed by atoms with E-state index in [0.717, 1.165) is 21.9 Å². The standard InChI is InChI=1S/C24H20N2O4S.Na/c1-30-20-13-17-5-3-2-4-16(17)12-18(20)14-21-23(29)26-24(31-21)25-19-9-6-15(7-10-19)8-11-22(27)28;/h2-7,9-10,12-14H,8,11H2,1H3,(H,27,28)(H,25,26,29);/q;+1/p-1. The third kappa shape index (κ3) is 5.81. The molecule has 0 radical (unpaired) electrons. The molecule has 1 aliphatic heterocycles. The fourth-order valence-electron chi connectivity index (χ4n) is 3.25. The summed E-state index contributed by atoms with van der Waals surface area (Å²) in [5, 5.41) is 16.0. The molecule has 1 saturated heterocycles. The summed E-state index contributed by atoms with van der Waals surface area (Å²) < 4.78 is 5.51. The second-order valence-electron chi connectivity index (χ2n) is 6.96. The van der Waals surface area contributed by atoms with Gasteiger partial charge in [0.1, 0.15) is 5.75 Å². The van der Waals surface area contributed by atoms with E-state index in [2.05, 4.69) is 10.3 Å². The first-order valence-corrected chi connectivity index (χ1v) is 10.5. The van der Waals surface area contributed by atoms with Gasteiger partial charge in [-0.3, -0.25) is 4.79 Å². The summed E-state index contributed by atoms with van der Waals surface area (Å²) in [6.07, 6.45) is 2.19. The summed E-state index contributed by atoms with van der Waals surface area (Å²) >= 11 is 1.26. The van der Waals surface area contributed by atoms with Crippen LogP contribution in [-0.2, 0) is 16.0 Å². The summed E-state index contributed by atoms with van der Waals surface area (Å²) in [5.74, 6) is -0.599. The van der Waals surface area contributed by atoms with E-state index in [4.69, 9.17) is 4.74 Å². The largest absolute Gasteiger partial charge is 1.00 e. The Labute approximate surface area is 212 Å². The van der Waals surface area contributed by atoms with Crippen molar-refractivity contribution in [3.05, 3.63) is 76.7 Å². The molecule has 0 aromatic heterocycles. The Morgan fingerprint density at radius 3 is 2.47 bits per heavy atom. The third-order valence-electron chi connectivity index (χ3n) is 4.82. The van der Waals surface area contributed by atoms with Crippen molar-refractivity contribution in [2.75, 3.05) is 7.11 Å². The molecule has 0 saturated carbocycles. The number of carbonyl (C=O) groups is 2. The van der Waals surface area contributed by atoms with E-state index in [1.54, 1.807) is 25.3 Å². The minimum absolute atomic E-state index is 0. The van der Waals surface area contributed by atoms with E-state index in [9.17, 15) is 14.7 Å². The summed E-state index contributed by atoms with van der Waals surface area (Å²) in [7, 11) is 1.61. The van der Waals surface area contributed by atoms with Crippen LogP contribution < -0.4 is 44.7 Å². The van der Waals surface area contributed by atoms with Crippen LogP contribution in [0.15, 0.2) is 70.6 Å². The first kappa shape index (κ1) is 24.1. The molecule has 6 nitrogen and oxygen atoms in total. The number of amidine groups is 1. The number of ether oxygens (including phenoxy) is 1. The van der Waals surface area contributed by atoms with Crippen LogP contribution in [0.5, 0.6) is 5.75 Å². The van der Waals surface area contributed by atoms with Crippen LogP contribution in [0.2, 0.25) is 0 Å². The fourth-order valence-corrected chi connectivity index (χ4v) is 4.08. The van der Waals surface area contributed by atoms with E-state index < -0.39 is 5.97 Å². The van der Waals surface area contributed by atoms with E-state index in [0.29, 0.717) is 27.9 Å². The second kappa shape index (κ2) is 10.8. The van der Waals surface area contributed by atoms with Gasteiger partial charge in [0.25, 0.3) is 5.91 Å². The number of carbonyl (C=O) groups excluding carboxylic acids is 2. The molecule has 0 unspecified atom stereocenters. The van der Waals surface area contributed by atoms with Gasteiger partial charge in [-0.2, -0.15) is 0 Å². The molecule has 1 N–H and O–H groups in total. The van der Waals surface area contributed by atoms with Gasteiger partial charge in [0.15, 0.2) is 5.17 Å². The summed E-state index contributed by atoms with van der Waals surface area (Å²) in [6.45, 7) is 0. The van der Waals surface area contributed by atoms with E-state index in [1.807, 2.05) is 48.5 Å². The van der Waals surface area contributed by atoms with Gasteiger partial charge in [-0.05, 0) is 71.3 Å². The van der Waals surface area contributed by atoms with Gasteiger partial charge in [-0.25, -0.2) is 4.99 Å². The Kier molecular flexibility index (Phi) is 8.15. The van der Waals surface area contributed by atoms with Gasteiger partial charge < -0.3 is 20.0 Å². The predicted octanol–water partition coefficient (Wildman–Crippen LogP) is 0.426. The first-order chi connectivity index (χ1) is 15.0. The molecule has 3 aromatic carbocycles. The summed E-state index contributed by atoms with van der Waals surface area (Å²) in [6, 6.07) is 19.1. The number of hydrogen-bond acceptors (Lipinski definition) is 6. The number of hydrogen-bond donors (Lipinski definition) is 1. The average Bonchev–Trinajstić information content (AvgIpc) is 3.11. The van der Waals surface area contributed by atoms with Crippen molar-refractivity contribution in [1.82, 2.24) is 5.32 Å². The van der Waals surface area contributed by atoms with Crippen LogP contribution in [0, 0.1) is 0 Å². The molecule has 1 amide bonds. The normalized spacial score (nSPS) is 15.6. The monoisotopic (exact) mass is 454 g/mol. The van der Waals surface area contributed by atoms with Crippen LogP contribution in [0.3, 0.4) is 0 Å². The van der Waals surface area contributed by atoms with Crippen molar-refractivity contribution in [2.45, 2.75) is 12.8 Å². The molecule has 3 aromatic rings. The number of benzene rings is 3. The molecule has 0 bridgehead atoms. The quantitative estimate of drug-likeness (QED) is 0.431. The van der Waals surface area contributed by atoms with E-state index in [1.165, 1.54) is 11.8 Å². The smallest absolute Gasteiger partial charge is 0.550 e. The SMILES string of the molecule is COc1cc2ccccc2cc1C=C1SC(=Nc2ccc(CCC(=O)[O-])cc2)NC1=O.[Na+]. The molecular weight excluding hydrogens is 435 g/mol. The third-order valence-corrected chi connectivity index (χ3v) is 5.73. The Morgan fingerprint density at radius 1 is 1.12 bits per heavy atom. The van der Waals surface area contributed by atoms with Gasteiger partial charge in [0.05, 0.1) is 17.7 Å². The molecule has 0 atom stereocenters. The number of aliphatic imine (C=N–C) groups is 1. The Bertz CT molecular complexity index is 1220. The van der Waals surface area contributed by atoms with Crippen LogP contribution in [0.25, 0.3) is 16.8 Å². The Hall–Kier alpha value is -2.58. The van der Waals surface area contributed by atoms with Gasteiger partial charge in [0, 0.05) is 11.5 Å². The van der Waals surface area contributed by atoms with E-state index >= 15 is 0 Å². The number of aryl methyl sites for hydroxylation is 1. The fraction of sp³-hybridized carbons (Fsp3) is 0.125. The van der Waals surface area contributed by atoms with Gasteiger partial charge in [-0.15, -0.1) is 0 Å². The number of carboxylic acids is 1. The number of fused-ring (bicyclic) bond motifs is 1. The average molecular weight is 454 g/mol. The molecule has 156 valence electrons. The van der Waals surface area contributed by atoms with Crippen LogP contribution in [0.4, 0.5) is 5.69 Å². The number of amides is 1. The molecule has 0 aliphatic carbocycles. The van der Waals surface area contributed by atoms with E-state index in [-0.39, 0.29) is 41.9 Å². The van der Waals surface area contributed by atoms with Crippen molar-refractivity contribution >= 4 is 51.3 Å². The maximum Gasteiger partial charge on any atom is 1.00 e. The molecule has 1 fully saturated rings. The Morgan fingerprint density at radius 2 is 1.81 bits per heavy atom. The van der Waals surface area contributed by atoms with Gasteiger partial charge in [-0.1, -0.05) is 36.4 Å². The molecule has 8 heteroatoms. The number of rotatable bonds is 6. The summed E-state index contributed by atoms with van der Waals surface area (Å²) in [5.41, 5.74) is 2.38. The number of aliphatic carboxylic acids is 1. The molecule has 32 heavy (non-hydrogen) atoms. The summed E-state index contributed by atoms with van der Waals surface area (Å²) in [4.78, 5) is 28.0. The van der Waals surface area contributed by atoms with Crippen LogP contribution in [-0.4, -0.2) is 24.2 Å². The minimum atomic E-state index is -1.07. The van der Waals surface area contributed by atoms with Gasteiger partial charge in [0.2, 0.25) is 0 Å². The molecule has 1 heterocycles. The zero-order valence-electron chi connectivity index (χ0n) is 17.8. The second-order valence-corrected chi connectivity index (χ2v) is 7.99. The van der Waals surface area contributed by atoms with Crippen molar-refractivity contribution in [2.24, 2.45) is 4.99 Å². The van der Waals surface area contributed by atoms with Crippen molar-refractivity contribution in [3.63, 3.8) is 0 Å².